The molecular formula is C8H15F3N2. The summed E-state index contributed by atoms with van der Waals surface area (Å²) in [6, 6.07) is -1.79. The summed E-state index contributed by atoms with van der Waals surface area (Å²) < 4.78 is 37.4. The van der Waals surface area contributed by atoms with E-state index < -0.39 is 18.3 Å². The number of halogens is 3. The zero-order valence-corrected chi connectivity index (χ0v) is 7.86. The van der Waals surface area contributed by atoms with Gasteiger partial charge in [0.2, 0.25) is 0 Å². The lowest BCUT2D eigenvalue weighted by Crippen LogP contribution is -2.58. The second-order valence-corrected chi connectivity index (χ2v) is 3.65. The Kier molecular flexibility index (Phi) is 3.18. The fourth-order valence-corrected chi connectivity index (χ4v) is 1.76. The predicted molar refractivity (Wildman–Crippen MR) is 44.6 cm³/mol. The molecule has 1 aliphatic heterocycles. The molecule has 1 heterocycles. The van der Waals surface area contributed by atoms with Crippen LogP contribution in [0.2, 0.25) is 0 Å². The molecule has 0 bridgehead atoms. The van der Waals surface area contributed by atoms with Crippen LogP contribution in [0.1, 0.15) is 12.8 Å². The zero-order valence-electron chi connectivity index (χ0n) is 7.86. The topological polar surface area (TPSA) is 15.3 Å². The minimum atomic E-state index is -4.13. The van der Waals surface area contributed by atoms with Crippen LogP contribution in [0.25, 0.3) is 0 Å². The quantitative estimate of drug-likeness (QED) is 0.678. The van der Waals surface area contributed by atoms with E-state index in [1.807, 2.05) is 0 Å². The van der Waals surface area contributed by atoms with Gasteiger partial charge in [-0.25, -0.2) is 0 Å². The summed E-state index contributed by atoms with van der Waals surface area (Å²) in [7, 11) is 3.38. The van der Waals surface area contributed by atoms with Crippen molar-refractivity contribution in [3.8, 4) is 0 Å². The van der Waals surface area contributed by atoms with E-state index in [2.05, 4.69) is 5.32 Å². The van der Waals surface area contributed by atoms with Gasteiger partial charge in [0.25, 0.3) is 0 Å². The number of hydrogen-bond acceptors (Lipinski definition) is 2. The summed E-state index contributed by atoms with van der Waals surface area (Å²) in [5.74, 6) is 0. The predicted octanol–water partition coefficient (Wildman–Crippen LogP) is 1.23. The fourth-order valence-electron chi connectivity index (χ4n) is 1.76. The van der Waals surface area contributed by atoms with Crippen LogP contribution in [0.4, 0.5) is 13.2 Å². The fraction of sp³-hybridized carbons (Fsp3) is 1.00. The van der Waals surface area contributed by atoms with Crippen molar-refractivity contribution in [1.29, 1.82) is 0 Å². The van der Waals surface area contributed by atoms with Crippen molar-refractivity contribution in [2.75, 3.05) is 20.6 Å². The highest BCUT2D eigenvalue weighted by Crippen LogP contribution is 2.28. The van der Waals surface area contributed by atoms with Gasteiger partial charge in [-0.2, -0.15) is 13.2 Å². The monoisotopic (exact) mass is 196 g/mol. The first-order valence-electron chi connectivity index (χ1n) is 4.39. The summed E-state index contributed by atoms with van der Waals surface area (Å²) in [5, 5.41) is 2.52. The van der Waals surface area contributed by atoms with Crippen LogP contribution in [0.3, 0.4) is 0 Å². The molecule has 1 rings (SSSR count). The SMILES string of the molecule is CN(C)C1CCCNC1C(F)(F)F. The van der Waals surface area contributed by atoms with Gasteiger partial charge in [-0.1, -0.05) is 0 Å². The van der Waals surface area contributed by atoms with E-state index >= 15 is 0 Å². The maximum atomic E-state index is 12.5. The van der Waals surface area contributed by atoms with E-state index in [1.54, 1.807) is 19.0 Å². The molecule has 78 valence electrons. The molecule has 0 aromatic rings. The molecular weight excluding hydrogens is 181 g/mol. The van der Waals surface area contributed by atoms with Crippen molar-refractivity contribution in [2.24, 2.45) is 0 Å². The summed E-state index contributed by atoms with van der Waals surface area (Å²) in [5.41, 5.74) is 0. The summed E-state index contributed by atoms with van der Waals surface area (Å²) in [4.78, 5) is 1.64. The van der Waals surface area contributed by atoms with E-state index in [9.17, 15) is 13.2 Å². The molecule has 2 nitrogen and oxygen atoms in total. The molecule has 13 heavy (non-hydrogen) atoms. The summed E-state index contributed by atoms with van der Waals surface area (Å²) >= 11 is 0. The van der Waals surface area contributed by atoms with E-state index in [-0.39, 0.29) is 0 Å². The van der Waals surface area contributed by atoms with Gasteiger partial charge in [0.15, 0.2) is 0 Å². The van der Waals surface area contributed by atoms with Crippen molar-refractivity contribution < 1.29 is 13.2 Å². The molecule has 2 atom stereocenters. The van der Waals surface area contributed by atoms with E-state index in [0.717, 1.165) is 6.42 Å². The molecule has 0 spiro atoms. The molecule has 0 radical (unpaired) electrons. The Morgan fingerprint density at radius 3 is 2.31 bits per heavy atom. The Hall–Kier alpha value is -0.290. The molecule has 0 aromatic heterocycles. The second kappa shape index (κ2) is 3.84. The largest absolute Gasteiger partial charge is 0.405 e. The van der Waals surface area contributed by atoms with Gasteiger partial charge < -0.3 is 10.2 Å². The van der Waals surface area contributed by atoms with Crippen LogP contribution in [0.15, 0.2) is 0 Å². The van der Waals surface area contributed by atoms with Crippen LogP contribution in [-0.2, 0) is 0 Å². The number of alkyl halides is 3. The highest BCUT2D eigenvalue weighted by Gasteiger charge is 2.46. The van der Waals surface area contributed by atoms with Gasteiger partial charge in [0.05, 0.1) is 0 Å². The Bertz CT molecular complexity index is 167. The average molecular weight is 196 g/mol. The van der Waals surface area contributed by atoms with Gasteiger partial charge >= 0.3 is 6.18 Å². The molecule has 5 heteroatoms. The van der Waals surface area contributed by atoms with Crippen molar-refractivity contribution >= 4 is 0 Å². The van der Waals surface area contributed by atoms with Crippen LogP contribution >= 0.6 is 0 Å². The van der Waals surface area contributed by atoms with Crippen LogP contribution in [-0.4, -0.2) is 43.8 Å². The minimum Gasteiger partial charge on any atom is -0.305 e. The zero-order chi connectivity index (χ0) is 10.1. The second-order valence-electron chi connectivity index (χ2n) is 3.65. The Balaban J connectivity index is 2.67. The molecule has 2 unspecified atom stereocenters. The lowest BCUT2D eigenvalue weighted by atomic mass is 9.97. The van der Waals surface area contributed by atoms with Crippen LogP contribution < -0.4 is 5.32 Å². The summed E-state index contributed by atoms with van der Waals surface area (Å²) in [6.07, 6.45) is -2.70. The Morgan fingerprint density at radius 1 is 1.31 bits per heavy atom. The van der Waals surface area contributed by atoms with Gasteiger partial charge in [-0.3, -0.25) is 0 Å². The maximum Gasteiger partial charge on any atom is 0.405 e. The third kappa shape index (κ3) is 2.57. The van der Waals surface area contributed by atoms with Crippen LogP contribution in [0.5, 0.6) is 0 Å². The first-order valence-corrected chi connectivity index (χ1v) is 4.39. The highest BCUT2D eigenvalue weighted by molar-refractivity contribution is 4.91. The third-order valence-electron chi connectivity index (χ3n) is 2.44. The average Bonchev–Trinajstić information content (AvgIpc) is 2.03. The van der Waals surface area contributed by atoms with Gasteiger partial charge in [0.1, 0.15) is 6.04 Å². The van der Waals surface area contributed by atoms with Gasteiger partial charge in [-0.05, 0) is 33.5 Å². The molecule has 1 N–H and O–H groups in total. The number of nitrogens with zero attached hydrogens (tertiary/aromatic N) is 1. The molecule has 0 aliphatic carbocycles. The molecule has 0 aromatic carbocycles. The number of piperidine rings is 1. The molecule has 0 amide bonds. The smallest absolute Gasteiger partial charge is 0.305 e. The third-order valence-corrected chi connectivity index (χ3v) is 2.44. The van der Waals surface area contributed by atoms with Crippen LogP contribution in [0, 0.1) is 0 Å². The lowest BCUT2D eigenvalue weighted by Gasteiger charge is -2.37. The Labute approximate surface area is 76.1 Å². The standard InChI is InChI=1S/C8H15F3N2/c1-13(2)6-4-3-5-12-7(6)8(9,10)11/h6-7,12H,3-5H2,1-2H3. The first-order chi connectivity index (χ1) is 5.93. The first kappa shape index (κ1) is 10.8. The minimum absolute atomic E-state index is 0.422. The molecule has 1 fully saturated rings. The summed E-state index contributed by atoms with van der Waals surface area (Å²) in [6.45, 7) is 0.467. The van der Waals surface area contributed by atoms with E-state index in [4.69, 9.17) is 0 Å². The Morgan fingerprint density at radius 2 is 1.92 bits per heavy atom. The number of nitrogens with one attached hydrogen (secondary N) is 1. The highest BCUT2D eigenvalue weighted by atomic mass is 19.4. The van der Waals surface area contributed by atoms with Crippen molar-refractivity contribution in [1.82, 2.24) is 10.2 Å². The normalized spacial score (nSPS) is 30.9. The van der Waals surface area contributed by atoms with Crippen molar-refractivity contribution in [2.45, 2.75) is 31.1 Å². The van der Waals surface area contributed by atoms with E-state index in [0.29, 0.717) is 13.0 Å². The van der Waals surface area contributed by atoms with E-state index in [1.165, 1.54) is 0 Å². The van der Waals surface area contributed by atoms with Gasteiger partial charge in [0, 0.05) is 6.04 Å². The molecule has 1 saturated heterocycles. The van der Waals surface area contributed by atoms with Crippen molar-refractivity contribution in [3.05, 3.63) is 0 Å². The number of rotatable bonds is 1. The number of likely N-dealkylation sites (N-methyl/N-ethyl adjacent to an activating group) is 1. The molecule has 0 saturated carbocycles. The lowest BCUT2D eigenvalue weighted by molar-refractivity contribution is -0.173. The molecule has 1 aliphatic rings. The number of hydrogen-bond donors (Lipinski definition) is 1. The van der Waals surface area contributed by atoms with Gasteiger partial charge in [-0.15, -0.1) is 0 Å². The maximum absolute atomic E-state index is 12.5. The van der Waals surface area contributed by atoms with Crippen molar-refractivity contribution in [3.63, 3.8) is 0 Å².